The van der Waals surface area contributed by atoms with Crippen LogP contribution in [0.25, 0.3) is 0 Å². The summed E-state index contributed by atoms with van der Waals surface area (Å²) in [7, 11) is 1.59. The van der Waals surface area contributed by atoms with Crippen molar-refractivity contribution < 1.29 is 14.4 Å². The van der Waals surface area contributed by atoms with Gasteiger partial charge in [0.15, 0.2) is 5.78 Å². The number of rotatable bonds is 8. The lowest BCUT2D eigenvalue weighted by Gasteiger charge is -2.23. The number of amides is 2. The third kappa shape index (κ3) is 6.14. The molecule has 0 N–H and O–H groups in total. The van der Waals surface area contributed by atoms with Crippen molar-refractivity contribution in [3.8, 4) is 0 Å². The average molecular weight is 383 g/mol. The summed E-state index contributed by atoms with van der Waals surface area (Å²) in [4.78, 5) is 39.1. The molecule has 0 saturated carbocycles. The Bertz CT molecular complexity index is 553. The maximum Gasteiger partial charge on any atom is 0.242 e. The minimum absolute atomic E-state index is 0.0486. The fraction of sp³-hybridized carbons (Fsp3) is 0.471. The second-order valence-corrected chi connectivity index (χ2v) is 6.16. The number of carbonyl (C=O) groups excluding carboxylic acids is 3. The third-order valence-corrected chi connectivity index (χ3v) is 4.18. The zero-order chi connectivity index (χ0) is 17.4. The second-order valence-electron chi connectivity index (χ2n) is 5.25. The van der Waals surface area contributed by atoms with Crippen molar-refractivity contribution in [2.45, 2.75) is 26.7 Å². The van der Waals surface area contributed by atoms with Crippen LogP contribution in [0.3, 0.4) is 0 Å². The van der Waals surface area contributed by atoms with Gasteiger partial charge in [-0.1, -0.05) is 28.1 Å². The quantitative estimate of drug-likeness (QED) is 0.649. The minimum atomic E-state index is -0.198. The summed E-state index contributed by atoms with van der Waals surface area (Å²) >= 11 is 3.31. The van der Waals surface area contributed by atoms with Gasteiger partial charge < -0.3 is 9.80 Å². The molecule has 0 atom stereocenters. The van der Waals surface area contributed by atoms with Crippen molar-refractivity contribution in [3.63, 3.8) is 0 Å². The van der Waals surface area contributed by atoms with E-state index in [1.54, 1.807) is 36.2 Å². The molecule has 23 heavy (non-hydrogen) atoms. The second kappa shape index (κ2) is 9.45. The Hall–Kier alpha value is -1.69. The van der Waals surface area contributed by atoms with Crippen molar-refractivity contribution in [1.82, 2.24) is 9.80 Å². The molecule has 0 aliphatic carbocycles. The van der Waals surface area contributed by atoms with Crippen molar-refractivity contribution in [2.24, 2.45) is 0 Å². The molecule has 0 aliphatic heterocycles. The molecule has 0 aliphatic rings. The molecule has 0 spiro atoms. The highest BCUT2D eigenvalue weighted by Gasteiger charge is 2.17. The predicted molar refractivity (Wildman–Crippen MR) is 93.3 cm³/mol. The number of halogens is 1. The largest absolute Gasteiger partial charge is 0.342 e. The van der Waals surface area contributed by atoms with Gasteiger partial charge in [-0.15, -0.1) is 0 Å². The first-order chi connectivity index (χ1) is 10.9. The minimum Gasteiger partial charge on any atom is -0.342 e. The Kier molecular flexibility index (Phi) is 7.95. The van der Waals surface area contributed by atoms with Crippen LogP contribution in [0.15, 0.2) is 28.7 Å². The van der Waals surface area contributed by atoms with Crippen molar-refractivity contribution in [1.29, 1.82) is 0 Å². The first-order valence-electron chi connectivity index (χ1n) is 7.69. The zero-order valence-corrected chi connectivity index (χ0v) is 15.4. The predicted octanol–water partition coefficient (Wildman–Crippen LogP) is 2.74. The van der Waals surface area contributed by atoms with Crippen LogP contribution in [0.1, 0.15) is 37.0 Å². The van der Waals surface area contributed by atoms with E-state index in [0.29, 0.717) is 18.7 Å². The van der Waals surface area contributed by atoms with Gasteiger partial charge in [-0.2, -0.15) is 0 Å². The molecule has 5 nitrogen and oxygen atoms in total. The van der Waals surface area contributed by atoms with Crippen LogP contribution in [0.4, 0.5) is 0 Å². The van der Waals surface area contributed by atoms with Gasteiger partial charge in [0, 0.05) is 43.0 Å². The van der Waals surface area contributed by atoms with Crippen LogP contribution in [0, 0.1) is 0 Å². The monoisotopic (exact) mass is 382 g/mol. The SMILES string of the molecule is CCN(CC)C(=O)CN(C)C(=O)CCC(=O)c1ccc(Br)cc1. The van der Waals surface area contributed by atoms with Crippen molar-refractivity contribution in [2.75, 3.05) is 26.7 Å². The highest BCUT2D eigenvalue weighted by molar-refractivity contribution is 9.10. The number of hydrogen-bond donors (Lipinski definition) is 0. The van der Waals surface area contributed by atoms with Gasteiger partial charge in [0.1, 0.15) is 0 Å². The van der Waals surface area contributed by atoms with Gasteiger partial charge in [-0.05, 0) is 26.0 Å². The third-order valence-electron chi connectivity index (χ3n) is 3.65. The topological polar surface area (TPSA) is 57.7 Å². The number of hydrogen-bond acceptors (Lipinski definition) is 3. The smallest absolute Gasteiger partial charge is 0.242 e. The molecule has 0 fully saturated rings. The Morgan fingerprint density at radius 3 is 2.04 bits per heavy atom. The molecule has 2 amide bonds. The molecule has 0 saturated heterocycles. The first-order valence-corrected chi connectivity index (χ1v) is 8.48. The van der Waals surface area contributed by atoms with Gasteiger partial charge in [0.05, 0.1) is 6.54 Å². The average Bonchev–Trinajstić information content (AvgIpc) is 2.53. The van der Waals surface area contributed by atoms with Gasteiger partial charge in [-0.25, -0.2) is 0 Å². The molecule has 0 heterocycles. The molecular formula is C17H23BrN2O3. The highest BCUT2D eigenvalue weighted by atomic mass is 79.9. The van der Waals surface area contributed by atoms with E-state index in [9.17, 15) is 14.4 Å². The van der Waals surface area contributed by atoms with Crippen LogP contribution < -0.4 is 0 Å². The fourth-order valence-electron chi connectivity index (χ4n) is 2.16. The number of ketones is 1. The van der Waals surface area contributed by atoms with Crippen LogP contribution in [-0.2, 0) is 9.59 Å². The number of Topliss-reactive ketones (excluding diaryl/α,β-unsaturated/α-hetero) is 1. The molecule has 1 aromatic rings. The molecule has 1 rings (SSSR count). The Morgan fingerprint density at radius 1 is 0.957 bits per heavy atom. The fourth-order valence-corrected chi connectivity index (χ4v) is 2.42. The van der Waals surface area contributed by atoms with E-state index in [0.717, 1.165) is 4.47 Å². The van der Waals surface area contributed by atoms with Crippen LogP contribution in [-0.4, -0.2) is 54.1 Å². The number of carbonyl (C=O) groups is 3. The number of likely N-dealkylation sites (N-methyl/N-ethyl adjacent to an activating group) is 2. The lowest BCUT2D eigenvalue weighted by Crippen LogP contribution is -2.41. The van der Waals surface area contributed by atoms with Crippen LogP contribution >= 0.6 is 15.9 Å². The lowest BCUT2D eigenvalue weighted by atomic mass is 10.1. The molecule has 0 bridgehead atoms. The first kappa shape index (κ1) is 19.4. The summed E-state index contributed by atoms with van der Waals surface area (Å²) in [6.07, 6.45) is 0.251. The standard InChI is InChI=1S/C17H23BrN2O3/c1-4-20(5-2)17(23)12-19(3)16(22)11-10-15(21)13-6-8-14(18)9-7-13/h6-9H,4-5,10-12H2,1-3H3. The Morgan fingerprint density at radius 2 is 1.52 bits per heavy atom. The van der Waals surface area contributed by atoms with E-state index in [1.807, 2.05) is 13.8 Å². The zero-order valence-electron chi connectivity index (χ0n) is 13.8. The van der Waals surface area contributed by atoms with Crippen LogP contribution in [0.2, 0.25) is 0 Å². The summed E-state index contributed by atoms with van der Waals surface area (Å²) in [5, 5.41) is 0. The summed E-state index contributed by atoms with van der Waals surface area (Å²) < 4.78 is 0.903. The molecule has 6 heteroatoms. The van der Waals surface area contributed by atoms with E-state index in [1.165, 1.54) is 4.90 Å². The van der Waals surface area contributed by atoms with Gasteiger partial charge in [0.25, 0.3) is 0 Å². The molecular weight excluding hydrogens is 360 g/mol. The lowest BCUT2D eigenvalue weighted by molar-refractivity contribution is -0.139. The van der Waals surface area contributed by atoms with E-state index in [4.69, 9.17) is 0 Å². The summed E-state index contributed by atoms with van der Waals surface area (Å²) in [5.41, 5.74) is 0.586. The van der Waals surface area contributed by atoms with Gasteiger partial charge >= 0.3 is 0 Å². The number of nitrogens with zero attached hydrogens (tertiary/aromatic N) is 2. The highest BCUT2D eigenvalue weighted by Crippen LogP contribution is 2.13. The Balaban J connectivity index is 2.47. The summed E-state index contributed by atoms with van der Waals surface area (Å²) in [6, 6.07) is 7.04. The van der Waals surface area contributed by atoms with E-state index < -0.39 is 0 Å². The van der Waals surface area contributed by atoms with Gasteiger partial charge in [0.2, 0.25) is 11.8 Å². The normalized spacial score (nSPS) is 10.3. The van der Waals surface area contributed by atoms with Crippen molar-refractivity contribution in [3.05, 3.63) is 34.3 Å². The van der Waals surface area contributed by atoms with Crippen LogP contribution in [0.5, 0.6) is 0 Å². The Labute approximate surface area is 145 Å². The molecule has 0 unspecified atom stereocenters. The molecule has 1 aromatic carbocycles. The maximum atomic E-state index is 12.1. The summed E-state index contributed by atoms with van der Waals surface area (Å²) in [6.45, 7) is 5.10. The summed E-state index contributed by atoms with van der Waals surface area (Å²) in [5.74, 6) is -0.352. The number of benzene rings is 1. The molecule has 0 radical (unpaired) electrons. The van der Waals surface area contributed by atoms with Crippen molar-refractivity contribution >= 4 is 33.5 Å². The molecule has 126 valence electrons. The van der Waals surface area contributed by atoms with E-state index in [2.05, 4.69) is 15.9 Å². The van der Waals surface area contributed by atoms with E-state index >= 15 is 0 Å². The van der Waals surface area contributed by atoms with Gasteiger partial charge in [-0.3, -0.25) is 14.4 Å². The van der Waals surface area contributed by atoms with E-state index in [-0.39, 0.29) is 37.0 Å². The molecule has 0 aromatic heterocycles. The maximum absolute atomic E-state index is 12.1.